The topological polar surface area (TPSA) is 121 Å². The smallest absolute Gasteiger partial charge is 0.870 e. The summed E-state index contributed by atoms with van der Waals surface area (Å²) >= 11 is 0. The van der Waals surface area contributed by atoms with E-state index in [-0.39, 0.29) is 69.4 Å². The van der Waals surface area contributed by atoms with Crippen molar-refractivity contribution in [3.63, 3.8) is 0 Å². The summed E-state index contributed by atoms with van der Waals surface area (Å²) in [5, 5.41) is 8.73. The second kappa shape index (κ2) is 17.0. The molecule has 0 heterocycles. The van der Waals surface area contributed by atoms with Gasteiger partial charge in [0.2, 0.25) is 0 Å². The Hall–Kier alpha value is -2.68. The molecule has 2 N–H and O–H groups in total. The number of carbonyl (C=O) groups excluding carboxylic acids is 1. The number of hydrogen-bond acceptors (Lipinski definition) is 7. The summed E-state index contributed by atoms with van der Waals surface area (Å²) in [6.45, 7) is 0.352. The van der Waals surface area contributed by atoms with Crippen molar-refractivity contribution >= 4 is 11.8 Å². The van der Waals surface area contributed by atoms with E-state index in [0.29, 0.717) is 5.56 Å². The zero-order chi connectivity index (χ0) is 27.5. The fourth-order valence-electron chi connectivity index (χ4n) is 2.48. The number of halogens is 6. The van der Waals surface area contributed by atoms with Crippen LogP contribution in [0.2, 0.25) is 0 Å². The van der Waals surface area contributed by atoms with Gasteiger partial charge >= 0.3 is 47.9 Å². The standard InChI is InChI=1S/C12H13F3O3.C11H11F3O4.Na.H2O/c1-8(16)9-3-4-10(11(7-9)17-2)18-6-5-12(13,14)15;1-17-9-6-7(10(15)16)2-3-8(9)18-5-4-11(12,13)14;;/h3-4,7H,5-6H2,1-2H3;2-3,6H,4-5H2,1H3,(H,15,16);;1H2/q;;+1;/p-1. The summed E-state index contributed by atoms with van der Waals surface area (Å²) in [6, 6.07) is 8.02. The van der Waals surface area contributed by atoms with Crippen LogP contribution in [0.15, 0.2) is 36.4 Å². The van der Waals surface area contributed by atoms with Crippen molar-refractivity contribution in [1.29, 1.82) is 0 Å². The average Bonchev–Trinajstić information content (AvgIpc) is 2.78. The number of hydrogen-bond donors (Lipinski definition) is 1. The molecule has 0 radical (unpaired) electrons. The number of ether oxygens (including phenoxy) is 4. The molecule has 0 amide bonds. The SMILES string of the molecule is COc1cc(C(=O)O)ccc1OCCC(F)(F)F.COc1cc(C(C)=O)ccc1OCCC(F)(F)F.[Na+].[OH-]. The molecule has 2 aromatic carbocycles. The molecule has 0 saturated carbocycles. The summed E-state index contributed by atoms with van der Waals surface area (Å²) in [5.41, 5.74) is 0.380. The Balaban J connectivity index is 0. The number of rotatable bonds is 10. The van der Waals surface area contributed by atoms with Crippen molar-refractivity contribution in [1.82, 2.24) is 0 Å². The fraction of sp³-hybridized carbons (Fsp3) is 0.391. The molecule has 38 heavy (non-hydrogen) atoms. The number of carbonyl (C=O) groups is 2. The zero-order valence-corrected chi connectivity index (χ0v) is 22.9. The summed E-state index contributed by atoms with van der Waals surface area (Å²) in [5.74, 6) is -0.731. The first-order chi connectivity index (χ1) is 16.7. The Labute approximate surface area is 236 Å². The molecule has 0 fully saturated rings. The number of Topliss-reactive ketones (excluding diaryl/α,β-unsaturated/α-hetero) is 1. The zero-order valence-electron chi connectivity index (χ0n) is 20.9. The molecule has 0 aliphatic rings. The van der Waals surface area contributed by atoms with E-state index in [0.717, 1.165) is 0 Å². The van der Waals surface area contributed by atoms with Gasteiger partial charge in [-0.25, -0.2) is 4.79 Å². The molecular formula is C23H25F6NaO8. The molecule has 208 valence electrons. The van der Waals surface area contributed by atoms with Crippen molar-refractivity contribution in [3.8, 4) is 23.0 Å². The van der Waals surface area contributed by atoms with Gasteiger partial charge in [0.05, 0.1) is 45.8 Å². The van der Waals surface area contributed by atoms with E-state index in [1.165, 1.54) is 57.5 Å². The number of methoxy groups -OCH3 is 2. The van der Waals surface area contributed by atoms with E-state index < -0.39 is 44.4 Å². The maximum Gasteiger partial charge on any atom is 1.00 e. The van der Waals surface area contributed by atoms with Gasteiger partial charge in [-0.3, -0.25) is 4.79 Å². The van der Waals surface area contributed by atoms with Crippen LogP contribution in [0.25, 0.3) is 0 Å². The van der Waals surface area contributed by atoms with E-state index in [2.05, 4.69) is 0 Å². The monoisotopic (exact) mass is 566 g/mol. The van der Waals surface area contributed by atoms with Gasteiger partial charge in [-0.2, -0.15) is 26.3 Å². The van der Waals surface area contributed by atoms with Gasteiger partial charge in [0.25, 0.3) is 0 Å². The Morgan fingerprint density at radius 3 is 1.42 bits per heavy atom. The van der Waals surface area contributed by atoms with Crippen molar-refractivity contribution in [2.24, 2.45) is 0 Å². The second-order valence-corrected chi connectivity index (χ2v) is 7.02. The quantitative estimate of drug-likeness (QED) is 0.265. The van der Waals surface area contributed by atoms with Crippen LogP contribution in [0.3, 0.4) is 0 Å². The second-order valence-electron chi connectivity index (χ2n) is 7.02. The molecule has 8 nitrogen and oxygen atoms in total. The van der Waals surface area contributed by atoms with Crippen molar-refractivity contribution < 1.29 is 95.0 Å². The van der Waals surface area contributed by atoms with E-state index >= 15 is 0 Å². The van der Waals surface area contributed by atoms with Gasteiger partial charge in [-0.1, -0.05) is 0 Å². The summed E-state index contributed by atoms with van der Waals surface area (Å²) < 4.78 is 91.3. The van der Waals surface area contributed by atoms with Gasteiger partial charge in [-0.05, 0) is 43.3 Å². The normalized spacial score (nSPS) is 10.6. The molecule has 2 aromatic rings. The number of ketones is 1. The van der Waals surface area contributed by atoms with Crippen LogP contribution in [0.5, 0.6) is 23.0 Å². The molecule has 15 heteroatoms. The molecule has 0 spiro atoms. The minimum atomic E-state index is -4.30. The maximum atomic E-state index is 12.0. The van der Waals surface area contributed by atoms with Crippen LogP contribution in [0, 0.1) is 0 Å². The summed E-state index contributed by atoms with van der Waals surface area (Å²) in [7, 11) is 2.63. The van der Waals surface area contributed by atoms with Crippen LogP contribution in [-0.4, -0.2) is 62.1 Å². The van der Waals surface area contributed by atoms with Crippen LogP contribution < -0.4 is 48.5 Å². The van der Waals surface area contributed by atoms with Crippen molar-refractivity contribution in [3.05, 3.63) is 47.5 Å². The first-order valence-corrected chi connectivity index (χ1v) is 10.2. The molecular weight excluding hydrogens is 541 g/mol. The minimum Gasteiger partial charge on any atom is -0.870 e. The third kappa shape index (κ3) is 14.3. The van der Waals surface area contributed by atoms with E-state index in [4.69, 9.17) is 24.1 Å². The number of alkyl halides is 6. The van der Waals surface area contributed by atoms with Crippen molar-refractivity contribution in [2.45, 2.75) is 32.1 Å². The molecule has 0 saturated heterocycles. The third-order valence-corrected chi connectivity index (χ3v) is 4.27. The largest absolute Gasteiger partial charge is 1.00 e. The van der Waals surface area contributed by atoms with Gasteiger partial charge in [0.1, 0.15) is 0 Å². The molecule has 0 unspecified atom stereocenters. The van der Waals surface area contributed by atoms with Gasteiger partial charge < -0.3 is 29.5 Å². The fourth-order valence-corrected chi connectivity index (χ4v) is 2.48. The number of aromatic carboxylic acids is 1. The third-order valence-electron chi connectivity index (χ3n) is 4.27. The minimum absolute atomic E-state index is 0. The Morgan fingerprint density at radius 1 is 0.737 bits per heavy atom. The Bertz CT molecular complexity index is 946. The van der Waals surface area contributed by atoms with E-state index in [1.807, 2.05) is 0 Å². The number of benzene rings is 2. The van der Waals surface area contributed by atoms with Gasteiger partial charge in [0, 0.05) is 5.56 Å². The van der Waals surface area contributed by atoms with E-state index in [9.17, 15) is 35.9 Å². The molecule has 0 aromatic heterocycles. The van der Waals surface area contributed by atoms with Gasteiger partial charge in [0.15, 0.2) is 28.8 Å². The summed E-state index contributed by atoms with van der Waals surface area (Å²) in [6.07, 6.45) is -10.7. The van der Waals surface area contributed by atoms with Crippen LogP contribution in [0.4, 0.5) is 26.3 Å². The van der Waals surface area contributed by atoms with Gasteiger partial charge in [-0.15, -0.1) is 0 Å². The number of carboxylic acid groups (broad SMARTS) is 1. The van der Waals surface area contributed by atoms with Crippen molar-refractivity contribution in [2.75, 3.05) is 27.4 Å². The van der Waals surface area contributed by atoms with E-state index in [1.54, 1.807) is 0 Å². The molecule has 0 atom stereocenters. The molecule has 0 bridgehead atoms. The molecule has 2 rings (SSSR count). The average molecular weight is 566 g/mol. The Morgan fingerprint density at radius 2 is 1.11 bits per heavy atom. The first-order valence-electron chi connectivity index (χ1n) is 10.2. The Kier molecular flexibility index (Phi) is 16.8. The predicted molar refractivity (Wildman–Crippen MR) is 117 cm³/mol. The van der Waals surface area contributed by atoms with Crippen LogP contribution >= 0.6 is 0 Å². The summed E-state index contributed by atoms with van der Waals surface area (Å²) in [4.78, 5) is 21.8. The molecule has 0 aliphatic heterocycles. The first kappa shape index (κ1) is 37.5. The number of carboxylic acids is 1. The maximum absolute atomic E-state index is 12.0. The van der Waals surface area contributed by atoms with Crippen LogP contribution in [-0.2, 0) is 0 Å². The van der Waals surface area contributed by atoms with Crippen LogP contribution in [0.1, 0.15) is 40.5 Å². The molecule has 0 aliphatic carbocycles. The predicted octanol–water partition coefficient (Wildman–Crippen LogP) is 2.78.